The highest BCUT2D eigenvalue weighted by atomic mass is 16.2. The Morgan fingerprint density at radius 2 is 1.84 bits per heavy atom. The smallest absolute Gasteiger partial charge is 0.264 e. The molecule has 132 valence electrons. The lowest BCUT2D eigenvalue weighted by molar-refractivity contribution is -0.136. The number of nitrogen functional groups attached to an aromatic ring is 1. The summed E-state index contributed by atoms with van der Waals surface area (Å²) in [6, 6.07) is 3.64. The minimum absolute atomic E-state index is 0.0965. The molecule has 0 spiro atoms. The standard InChI is InChI=1S/C13H11N3O4.C3H7NO/c14-7-3-1-2-6-10(7)13(20)16(12(6)19)8-4-5-9(17)15-11(8)18;1-4(2)3-5/h1-3,8H,4-5,14H2,(H,15,17,18);3H,1-2H3/t8-;/m0./s1. The molecule has 9 nitrogen and oxygen atoms in total. The third kappa shape index (κ3) is 3.49. The molecule has 3 N–H and O–H groups in total. The van der Waals surface area contributed by atoms with E-state index < -0.39 is 29.7 Å². The van der Waals surface area contributed by atoms with Crippen molar-refractivity contribution in [3.8, 4) is 0 Å². The molecule has 0 radical (unpaired) electrons. The molecule has 1 aromatic carbocycles. The molecule has 2 aliphatic heterocycles. The number of amides is 5. The van der Waals surface area contributed by atoms with Crippen LogP contribution in [0, 0.1) is 0 Å². The lowest BCUT2D eigenvalue weighted by Crippen LogP contribution is -2.54. The number of carbonyl (C=O) groups excluding carboxylic acids is 5. The second kappa shape index (κ2) is 7.12. The van der Waals surface area contributed by atoms with E-state index in [-0.39, 0.29) is 29.7 Å². The molecular formula is C16H18N4O5. The Balaban J connectivity index is 0.000000399. The van der Waals surface area contributed by atoms with Crippen molar-refractivity contribution in [2.24, 2.45) is 0 Å². The summed E-state index contributed by atoms with van der Waals surface area (Å²) in [6.45, 7) is 0. The van der Waals surface area contributed by atoms with Gasteiger partial charge in [-0.25, -0.2) is 0 Å². The van der Waals surface area contributed by atoms with Gasteiger partial charge in [0.1, 0.15) is 6.04 Å². The van der Waals surface area contributed by atoms with Gasteiger partial charge in [0.15, 0.2) is 0 Å². The predicted octanol–water partition coefficient (Wildman–Crippen LogP) is -0.626. The van der Waals surface area contributed by atoms with Crippen LogP contribution in [0.5, 0.6) is 0 Å². The quantitative estimate of drug-likeness (QED) is 0.417. The largest absolute Gasteiger partial charge is 0.398 e. The van der Waals surface area contributed by atoms with Crippen molar-refractivity contribution in [3.63, 3.8) is 0 Å². The maximum atomic E-state index is 12.3. The van der Waals surface area contributed by atoms with Gasteiger partial charge in [0.25, 0.3) is 11.8 Å². The Kier molecular flexibility index (Phi) is 5.16. The van der Waals surface area contributed by atoms with Gasteiger partial charge < -0.3 is 10.6 Å². The van der Waals surface area contributed by atoms with E-state index in [2.05, 4.69) is 5.32 Å². The first-order valence-corrected chi connectivity index (χ1v) is 7.49. The molecule has 1 aromatic rings. The van der Waals surface area contributed by atoms with Gasteiger partial charge in [0.2, 0.25) is 18.2 Å². The lowest BCUT2D eigenvalue weighted by Gasteiger charge is -2.27. The van der Waals surface area contributed by atoms with E-state index in [1.165, 1.54) is 17.0 Å². The molecule has 1 saturated heterocycles. The van der Waals surface area contributed by atoms with Crippen LogP contribution >= 0.6 is 0 Å². The third-order valence-corrected chi connectivity index (χ3v) is 3.71. The number of anilines is 1. The normalized spacial score (nSPS) is 19.0. The monoisotopic (exact) mass is 346 g/mol. The number of benzene rings is 1. The summed E-state index contributed by atoms with van der Waals surface area (Å²) in [4.78, 5) is 59.3. The van der Waals surface area contributed by atoms with Crippen molar-refractivity contribution in [3.05, 3.63) is 29.3 Å². The summed E-state index contributed by atoms with van der Waals surface area (Å²) in [6.07, 6.45) is 0.981. The van der Waals surface area contributed by atoms with E-state index in [1.807, 2.05) is 0 Å². The first-order chi connectivity index (χ1) is 11.8. The van der Waals surface area contributed by atoms with E-state index in [1.54, 1.807) is 20.2 Å². The Morgan fingerprint density at radius 3 is 2.36 bits per heavy atom. The minimum Gasteiger partial charge on any atom is -0.398 e. The SMILES string of the molecule is CN(C)C=O.Nc1cccc2c1C(=O)N([C@H]1CCC(=O)NC1=O)C2=O. The highest BCUT2D eigenvalue weighted by molar-refractivity contribution is 6.25. The molecule has 5 amide bonds. The number of nitrogens with zero attached hydrogens (tertiary/aromatic N) is 2. The fourth-order valence-corrected chi connectivity index (χ4v) is 2.54. The van der Waals surface area contributed by atoms with Crippen molar-refractivity contribution in [2.45, 2.75) is 18.9 Å². The topological polar surface area (TPSA) is 130 Å². The fourth-order valence-electron chi connectivity index (χ4n) is 2.54. The number of nitrogens with two attached hydrogens (primary N) is 1. The van der Waals surface area contributed by atoms with Crippen molar-refractivity contribution in [1.29, 1.82) is 0 Å². The second-order valence-corrected chi connectivity index (χ2v) is 5.79. The van der Waals surface area contributed by atoms with E-state index in [4.69, 9.17) is 5.73 Å². The molecular weight excluding hydrogens is 328 g/mol. The average Bonchev–Trinajstić information content (AvgIpc) is 2.81. The summed E-state index contributed by atoms with van der Waals surface area (Å²) >= 11 is 0. The van der Waals surface area contributed by atoms with E-state index >= 15 is 0 Å². The van der Waals surface area contributed by atoms with Crippen LogP contribution in [0.3, 0.4) is 0 Å². The molecule has 0 aromatic heterocycles. The number of rotatable bonds is 2. The summed E-state index contributed by atoms with van der Waals surface area (Å²) in [7, 11) is 3.38. The molecule has 1 atom stereocenters. The second-order valence-electron chi connectivity index (χ2n) is 5.79. The van der Waals surface area contributed by atoms with Gasteiger partial charge in [-0.1, -0.05) is 6.07 Å². The molecule has 0 unspecified atom stereocenters. The van der Waals surface area contributed by atoms with Gasteiger partial charge in [-0.3, -0.25) is 34.2 Å². The van der Waals surface area contributed by atoms with Crippen molar-refractivity contribution in [1.82, 2.24) is 15.1 Å². The fraction of sp³-hybridized carbons (Fsp3) is 0.312. The number of hydrogen-bond donors (Lipinski definition) is 2. The lowest BCUT2D eigenvalue weighted by atomic mass is 10.0. The van der Waals surface area contributed by atoms with Crippen LogP contribution in [0.2, 0.25) is 0 Å². The Hall–Kier alpha value is -3.23. The van der Waals surface area contributed by atoms with Crippen molar-refractivity contribution < 1.29 is 24.0 Å². The number of hydrogen-bond acceptors (Lipinski definition) is 6. The summed E-state index contributed by atoms with van der Waals surface area (Å²) in [5, 5.41) is 2.13. The van der Waals surface area contributed by atoms with Crippen LogP contribution in [-0.2, 0) is 14.4 Å². The Labute approximate surface area is 143 Å². The first kappa shape index (κ1) is 18.1. The first-order valence-electron chi connectivity index (χ1n) is 7.49. The molecule has 0 aliphatic carbocycles. The average molecular weight is 346 g/mol. The van der Waals surface area contributed by atoms with E-state index in [0.29, 0.717) is 0 Å². The molecule has 0 saturated carbocycles. The van der Waals surface area contributed by atoms with Crippen LogP contribution < -0.4 is 11.1 Å². The van der Waals surface area contributed by atoms with Crippen LogP contribution in [0.4, 0.5) is 5.69 Å². The molecule has 3 rings (SSSR count). The number of nitrogens with one attached hydrogen (secondary N) is 1. The maximum Gasteiger partial charge on any atom is 0.264 e. The van der Waals surface area contributed by atoms with Gasteiger partial charge in [-0.15, -0.1) is 0 Å². The van der Waals surface area contributed by atoms with Crippen LogP contribution in [0.25, 0.3) is 0 Å². The van der Waals surface area contributed by atoms with Gasteiger partial charge >= 0.3 is 0 Å². The van der Waals surface area contributed by atoms with Gasteiger partial charge in [0, 0.05) is 26.2 Å². The third-order valence-electron chi connectivity index (χ3n) is 3.71. The zero-order chi connectivity index (χ0) is 18.7. The van der Waals surface area contributed by atoms with Crippen LogP contribution in [0.1, 0.15) is 33.6 Å². The maximum absolute atomic E-state index is 12.3. The van der Waals surface area contributed by atoms with E-state index in [0.717, 1.165) is 11.3 Å². The number of imide groups is 2. The summed E-state index contributed by atoms with van der Waals surface area (Å²) in [5.74, 6) is -2.17. The highest BCUT2D eigenvalue weighted by Crippen LogP contribution is 2.30. The molecule has 1 fully saturated rings. The minimum atomic E-state index is -0.959. The van der Waals surface area contributed by atoms with E-state index in [9.17, 15) is 24.0 Å². The molecule has 9 heteroatoms. The highest BCUT2D eigenvalue weighted by Gasteiger charge is 2.45. The predicted molar refractivity (Wildman–Crippen MR) is 87.3 cm³/mol. The summed E-state index contributed by atoms with van der Waals surface area (Å²) < 4.78 is 0. The zero-order valence-electron chi connectivity index (χ0n) is 13.8. The van der Waals surface area contributed by atoms with Gasteiger partial charge in [0.05, 0.1) is 11.1 Å². The van der Waals surface area contributed by atoms with Gasteiger partial charge in [-0.05, 0) is 18.6 Å². The number of fused-ring (bicyclic) bond motifs is 1. The number of piperidine rings is 1. The number of carbonyl (C=O) groups is 5. The van der Waals surface area contributed by atoms with Crippen LogP contribution in [0.15, 0.2) is 18.2 Å². The summed E-state index contributed by atoms with van der Waals surface area (Å²) in [5.41, 5.74) is 6.24. The molecule has 2 aliphatic rings. The van der Waals surface area contributed by atoms with Crippen molar-refractivity contribution >= 4 is 35.7 Å². The van der Waals surface area contributed by atoms with Crippen LogP contribution in [-0.4, -0.2) is 60.0 Å². The molecule has 2 heterocycles. The Bertz CT molecular complexity index is 759. The molecule has 0 bridgehead atoms. The zero-order valence-corrected chi connectivity index (χ0v) is 13.8. The Morgan fingerprint density at radius 1 is 1.20 bits per heavy atom. The molecule has 25 heavy (non-hydrogen) atoms. The van der Waals surface area contributed by atoms with Crippen molar-refractivity contribution in [2.75, 3.05) is 19.8 Å². The van der Waals surface area contributed by atoms with Gasteiger partial charge in [-0.2, -0.15) is 0 Å².